The number of carbonyl (C=O) groups excluding carboxylic acids is 1. The third-order valence-electron chi connectivity index (χ3n) is 5.60. The van der Waals surface area contributed by atoms with Gasteiger partial charge in [0.15, 0.2) is 0 Å². The summed E-state index contributed by atoms with van der Waals surface area (Å²) in [5, 5.41) is 21.2. The highest BCUT2D eigenvalue weighted by molar-refractivity contribution is 6.27. The fraction of sp³-hybridized carbons (Fsp3) is 0.542. The maximum absolute atomic E-state index is 12.4. The summed E-state index contributed by atoms with van der Waals surface area (Å²) in [5.41, 5.74) is 3.65. The Balaban J connectivity index is 0.000000534. The van der Waals surface area contributed by atoms with Crippen LogP contribution in [0.2, 0.25) is 0 Å². The zero-order valence-electron chi connectivity index (χ0n) is 18.6. The lowest BCUT2D eigenvalue weighted by molar-refractivity contribution is -0.159. The van der Waals surface area contributed by atoms with E-state index in [0.717, 1.165) is 37.4 Å². The SMILES string of the molecule is O=C(CNCCC1=CCCCC1)Nc1ccccc1N1CCCCCC1.O=C(O)C(=O)O. The van der Waals surface area contributed by atoms with Gasteiger partial charge < -0.3 is 25.7 Å². The molecule has 1 aromatic rings. The van der Waals surface area contributed by atoms with Crippen molar-refractivity contribution in [3.8, 4) is 0 Å². The minimum absolute atomic E-state index is 0.0462. The summed E-state index contributed by atoms with van der Waals surface area (Å²) in [6.07, 6.45) is 13.6. The number of nitrogens with zero attached hydrogens (tertiary/aromatic N) is 1. The third-order valence-corrected chi connectivity index (χ3v) is 5.60. The highest BCUT2D eigenvalue weighted by Gasteiger charge is 2.14. The van der Waals surface area contributed by atoms with Crippen molar-refractivity contribution in [1.29, 1.82) is 0 Å². The lowest BCUT2D eigenvalue weighted by atomic mass is 9.97. The molecule has 0 saturated carbocycles. The highest BCUT2D eigenvalue weighted by atomic mass is 16.4. The third kappa shape index (κ3) is 9.51. The average molecular weight is 446 g/mol. The smallest absolute Gasteiger partial charge is 0.414 e. The number of benzene rings is 1. The van der Waals surface area contributed by atoms with Crippen molar-refractivity contribution in [3.63, 3.8) is 0 Å². The Kier molecular flexibility index (Phi) is 11.3. The molecule has 1 aromatic carbocycles. The van der Waals surface area contributed by atoms with Crippen LogP contribution >= 0.6 is 0 Å². The molecule has 0 aromatic heterocycles. The highest BCUT2D eigenvalue weighted by Crippen LogP contribution is 2.27. The van der Waals surface area contributed by atoms with Gasteiger partial charge in [-0.25, -0.2) is 9.59 Å². The van der Waals surface area contributed by atoms with Crippen LogP contribution in [0.1, 0.15) is 57.8 Å². The van der Waals surface area contributed by atoms with E-state index in [2.05, 4.69) is 33.7 Å². The summed E-state index contributed by atoms with van der Waals surface area (Å²) >= 11 is 0. The topological polar surface area (TPSA) is 119 Å². The van der Waals surface area contributed by atoms with Gasteiger partial charge in [-0.2, -0.15) is 0 Å². The van der Waals surface area contributed by atoms with Crippen LogP contribution in [-0.2, 0) is 14.4 Å². The molecule has 1 amide bonds. The van der Waals surface area contributed by atoms with E-state index < -0.39 is 11.9 Å². The van der Waals surface area contributed by atoms with Gasteiger partial charge in [0.1, 0.15) is 0 Å². The van der Waals surface area contributed by atoms with Crippen molar-refractivity contribution >= 4 is 29.2 Å². The molecule has 1 fully saturated rings. The van der Waals surface area contributed by atoms with Gasteiger partial charge in [-0.3, -0.25) is 4.79 Å². The van der Waals surface area contributed by atoms with Crippen molar-refractivity contribution in [3.05, 3.63) is 35.9 Å². The molecule has 0 unspecified atom stereocenters. The predicted molar refractivity (Wildman–Crippen MR) is 125 cm³/mol. The van der Waals surface area contributed by atoms with Gasteiger partial charge in [-0.1, -0.05) is 36.6 Å². The van der Waals surface area contributed by atoms with E-state index in [-0.39, 0.29) is 5.91 Å². The lowest BCUT2D eigenvalue weighted by Gasteiger charge is -2.25. The molecule has 0 bridgehead atoms. The second kappa shape index (κ2) is 14.2. The molecule has 4 N–H and O–H groups in total. The van der Waals surface area contributed by atoms with Gasteiger partial charge in [-0.05, 0) is 63.6 Å². The predicted octanol–water partition coefficient (Wildman–Crippen LogP) is 3.64. The Bertz CT molecular complexity index is 774. The largest absolute Gasteiger partial charge is 0.473 e. The number of amides is 1. The summed E-state index contributed by atoms with van der Waals surface area (Å²) in [5.74, 6) is -3.60. The Labute approximate surface area is 189 Å². The molecule has 1 saturated heterocycles. The van der Waals surface area contributed by atoms with Crippen LogP contribution in [0.25, 0.3) is 0 Å². The Morgan fingerprint density at radius 3 is 2.22 bits per heavy atom. The van der Waals surface area contributed by atoms with E-state index in [1.807, 2.05) is 12.1 Å². The first-order valence-corrected chi connectivity index (χ1v) is 11.5. The second-order valence-electron chi connectivity index (χ2n) is 8.11. The standard InChI is InChI=1S/C22H33N3O.C2H2O4/c26-22(18-23-15-14-19-10-4-3-5-11-19)24-20-12-6-7-13-21(20)25-16-8-1-2-9-17-25;3-1(4)2(5)6/h6-7,10,12-13,23H,1-5,8-9,11,14-18H2,(H,24,26);(H,3,4)(H,5,6). The van der Waals surface area contributed by atoms with Gasteiger partial charge in [-0.15, -0.1) is 0 Å². The summed E-state index contributed by atoms with van der Waals surface area (Å²) in [4.78, 5) is 33.0. The van der Waals surface area contributed by atoms with Crippen LogP contribution in [0.3, 0.4) is 0 Å². The molecule has 0 atom stereocenters. The maximum atomic E-state index is 12.4. The number of hydrogen-bond donors (Lipinski definition) is 4. The van der Waals surface area contributed by atoms with Crippen molar-refractivity contribution in [2.75, 3.05) is 36.4 Å². The van der Waals surface area contributed by atoms with Gasteiger partial charge in [0.25, 0.3) is 0 Å². The number of anilines is 2. The molecule has 176 valence electrons. The molecule has 0 spiro atoms. The molecule has 8 heteroatoms. The second-order valence-corrected chi connectivity index (χ2v) is 8.11. The van der Waals surface area contributed by atoms with Crippen LogP contribution in [0.5, 0.6) is 0 Å². The van der Waals surface area contributed by atoms with E-state index in [4.69, 9.17) is 19.8 Å². The Hall–Kier alpha value is -2.87. The summed E-state index contributed by atoms with van der Waals surface area (Å²) in [6, 6.07) is 8.21. The Morgan fingerprint density at radius 2 is 1.59 bits per heavy atom. The average Bonchev–Trinajstić information content (AvgIpc) is 3.08. The molecular weight excluding hydrogens is 410 g/mol. The van der Waals surface area contributed by atoms with Crippen LogP contribution in [0.15, 0.2) is 35.9 Å². The van der Waals surface area contributed by atoms with E-state index in [9.17, 15) is 4.79 Å². The summed E-state index contributed by atoms with van der Waals surface area (Å²) < 4.78 is 0. The van der Waals surface area contributed by atoms with E-state index in [1.165, 1.54) is 51.4 Å². The number of carbonyl (C=O) groups is 3. The summed E-state index contributed by atoms with van der Waals surface area (Å²) in [7, 11) is 0. The van der Waals surface area contributed by atoms with E-state index in [1.54, 1.807) is 5.57 Å². The number of aliphatic carboxylic acids is 2. The number of rotatable bonds is 7. The summed E-state index contributed by atoms with van der Waals surface area (Å²) in [6.45, 7) is 3.43. The molecule has 0 radical (unpaired) electrons. The number of carboxylic acids is 2. The van der Waals surface area contributed by atoms with Crippen molar-refractivity contribution in [2.24, 2.45) is 0 Å². The molecular formula is C24H35N3O5. The molecule has 32 heavy (non-hydrogen) atoms. The minimum atomic E-state index is -1.82. The van der Waals surface area contributed by atoms with Crippen molar-refractivity contribution in [2.45, 2.75) is 57.8 Å². The van der Waals surface area contributed by atoms with E-state index >= 15 is 0 Å². The first-order chi connectivity index (χ1) is 15.5. The fourth-order valence-electron chi connectivity index (χ4n) is 3.94. The zero-order valence-corrected chi connectivity index (χ0v) is 18.6. The minimum Gasteiger partial charge on any atom is -0.473 e. The zero-order chi connectivity index (χ0) is 23.2. The molecule has 3 rings (SSSR count). The monoisotopic (exact) mass is 445 g/mol. The van der Waals surface area contributed by atoms with Crippen LogP contribution in [-0.4, -0.2) is 54.2 Å². The van der Waals surface area contributed by atoms with Gasteiger partial charge >= 0.3 is 11.9 Å². The quantitative estimate of drug-likeness (QED) is 0.287. The lowest BCUT2D eigenvalue weighted by Crippen LogP contribution is -2.30. The normalized spacial score (nSPS) is 16.1. The van der Waals surface area contributed by atoms with Gasteiger partial charge in [0.2, 0.25) is 5.91 Å². The molecule has 1 heterocycles. The number of para-hydroxylation sites is 2. The number of nitrogens with one attached hydrogen (secondary N) is 2. The van der Waals surface area contributed by atoms with Gasteiger partial charge in [0, 0.05) is 13.1 Å². The van der Waals surface area contributed by atoms with E-state index in [0.29, 0.717) is 6.54 Å². The number of carboxylic acid groups (broad SMARTS) is 2. The van der Waals surface area contributed by atoms with Gasteiger partial charge in [0.05, 0.1) is 17.9 Å². The Morgan fingerprint density at radius 1 is 0.906 bits per heavy atom. The van der Waals surface area contributed by atoms with Crippen LogP contribution < -0.4 is 15.5 Å². The number of hydrogen-bond acceptors (Lipinski definition) is 5. The molecule has 1 aliphatic carbocycles. The van der Waals surface area contributed by atoms with Crippen molar-refractivity contribution in [1.82, 2.24) is 5.32 Å². The van der Waals surface area contributed by atoms with Crippen LogP contribution in [0.4, 0.5) is 11.4 Å². The fourth-order valence-corrected chi connectivity index (χ4v) is 3.94. The van der Waals surface area contributed by atoms with Crippen molar-refractivity contribution < 1.29 is 24.6 Å². The molecule has 1 aliphatic heterocycles. The molecule has 2 aliphatic rings. The molecule has 8 nitrogen and oxygen atoms in total. The maximum Gasteiger partial charge on any atom is 0.414 e. The number of allylic oxidation sites excluding steroid dienone is 1. The first-order valence-electron chi connectivity index (χ1n) is 11.5. The first kappa shape index (κ1) is 25.4. The van der Waals surface area contributed by atoms with Crippen LogP contribution in [0, 0.1) is 0 Å².